The number of ketones is 1. The smallest absolute Gasteiger partial charge is 0.295 e. The summed E-state index contributed by atoms with van der Waals surface area (Å²) in [4.78, 5) is 28.6. The molecule has 1 fully saturated rings. The molecule has 1 amide bonds. The molecule has 6 heteroatoms. The maximum Gasteiger partial charge on any atom is 0.295 e. The average molecular weight is 446 g/mol. The fourth-order valence-electron chi connectivity index (χ4n) is 4.47. The highest BCUT2D eigenvalue weighted by Gasteiger charge is 2.46. The van der Waals surface area contributed by atoms with Crippen LogP contribution in [-0.4, -0.2) is 34.3 Å². The molecule has 3 aromatic rings. The SMILES string of the molecule is C[C@@H]1Cc2cc(/C(O)=C3\C(=O)C(=O)N(CCc4ccccc4)[C@@H]3c3cccs3)ccc2O1. The summed E-state index contributed by atoms with van der Waals surface area (Å²) in [5.74, 6) is -0.545. The van der Waals surface area contributed by atoms with Crippen molar-refractivity contribution in [1.29, 1.82) is 0 Å². The first-order valence-corrected chi connectivity index (χ1v) is 11.6. The molecule has 2 aliphatic rings. The summed E-state index contributed by atoms with van der Waals surface area (Å²) in [6.07, 6.45) is 1.46. The monoisotopic (exact) mass is 445 g/mol. The normalized spacial score (nSPS) is 21.6. The summed E-state index contributed by atoms with van der Waals surface area (Å²) >= 11 is 1.48. The minimum absolute atomic E-state index is 0.0806. The number of thiophene rings is 1. The standard InChI is InChI=1S/C26H23NO4S/c1-16-14-19-15-18(9-10-20(19)31-16)24(28)22-23(21-8-5-13-32-21)27(26(30)25(22)29)12-11-17-6-3-2-4-7-17/h2-10,13,15-16,23,28H,11-12,14H2,1H3/b24-22+/t16-,23-/m1/s1. The van der Waals surface area contributed by atoms with Crippen LogP contribution in [0.2, 0.25) is 0 Å². The number of carbonyl (C=O) groups excluding carboxylic acids is 2. The van der Waals surface area contributed by atoms with E-state index in [2.05, 4.69) is 0 Å². The van der Waals surface area contributed by atoms with Gasteiger partial charge in [0.1, 0.15) is 17.6 Å². The van der Waals surface area contributed by atoms with Crippen LogP contribution in [0.3, 0.4) is 0 Å². The van der Waals surface area contributed by atoms with E-state index in [9.17, 15) is 14.7 Å². The summed E-state index contributed by atoms with van der Waals surface area (Å²) in [6.45, 7) is 2.39. The second-order valence-electron chi connectivity index (χ2n) is 8.20. The number of aliphatic hydroxyl groups excluding tert-OH is 1. The van der Waals surface area contributed by atoms with Crippen LogP contribution in [0.15, 0.2) is 71.6 Å². The van der Waals surface area contributed by atoms with Gasteiger partial charge in [-0.1, -0.05) is 36.4 Å². The zero-order chi connectivity index (χ0) is 22.2. The van der Waals surface area contributed by atoms with E-state index in [1.807, 2.05) is 66.9 Å². The van der Waals surface area contributed by atoms with Crippen LogP contribution < -0.4 is 4.74 Å². The predicted octanol–water partition coefficient (Wildman–Crippen LogP) is 4.74. The van der Waals surface area contributed by atoms with E-state index in [4.69, 9.17) is 4.74 Å². The van der Waals surface area contributed by atoms with Crippen molar-refractivity contribution < 1.29 is 19.4 Å². The zero-order valence-corrected chi connectivity index (χ0v) is 18.5. The molecule has 32 heavy (non-hydrogen) atoms. The molecule has 5 rings (SSSR count). The largest absolute Gasteiger partial charge is 0.507 e. The quantitative estimate of drug-likeness (QED) is 0.350. The Morgan fingerprint density at radius 3 is 2.69 bits per heavy atom. The predicted molar refractivity (Wildman–Crippen MR) is 124 cm³/mol. The van der Waals surface area contributed by atoms with Crippen LogP contribution in [0.5, 0.6) is 5.75 Å². The van der Waals surface area contributed by atoms with Crippen molar-refractivity contribution in [2.75, 3.05) is 6.54 Å². The summed E-state index contributed by atoms with van der Waals surface area (Å²) in [7, 11) is 0. The molecule has 0 bridgehead atoms. The number of fused-ring (bicyclic) bond motifs is 1. The molecule has 0 spiro atoms. The second kappa shape index (κ2) is 8.28. The van der Waals surface area contributed by atoms with Crippen molar-refractivity contribution in [2.45, 2.75) is 31.9 Å². The molecule has 2 aliphatic heterocycles. The molecule has 1 aromatic heterocycles. The van der Waals surface area contributed by atoms with E-state index in [0.29, 0.717) is 18.5 Å². The van der Waals surface area contributed by atoms with Crippen LogP contribution >= 0.6 is 11.3 Å². The third kappa shape index (κ3) is 3.60. The molecule has 2 atom stereocenters. The zero-order valence-electron chi connectivity index (χ0n) is 17.7. The number of rotatable bonds is 5. The lowest BCUT2D eigenvalue weighted by atomic mass is 9.98. The third-order valence-corrected chi connectivity index (χ3v) is 6.93. The summed E-state index contributed by atoms with van der Waals surface area (Å²) in [5.41, 5.74) is 2.76. The highest BCUT2D eigenvalue weighted by molar-refractivity contribution is 7.10. The van der Waals surface area contributed by atoms with Crippen molar-refractivity contribution in [1.82, 2.24) is 4.90 Å². The number of carbonyl (C=O) groups is 2. The van der Waals surface area contributed by atoms with E-state index in [0.717, 1.165) is 28.2 Å². The molecule has 0 saturated carbocycles. The number of ether oxygens (including phenoxy) is 1. The Balaban J connectivity index is 1.54. The Bertz CT molecular complexity index is 1200. The van der Waals surface area contributed by atoms with Gasteiger partial charge in [0, 0.05) is 23.4 Å². The maximum absolute atomic E-state index is 13.1. The lowest BCUT2D eigenvalue weighted by Gasteiger charge is -2.24. The summed E-state index contributed by atoms with van der Waals surface area (Å²) in [5, 5.41) is 13.1. The van der Waals surface area contributed by atoms with Gasteiger partial charge >= 0.3 is 0 Å². The number of hydrogen-bond donors (Lipinski definition) is 1. The minimum Gasteiger partial charge on any atom is -0.507 e. The minimum atomic E-state index is -0.640. The first kappa shape index (κ1) is 20.5. The number of likely N-dealkylation sites (tertiary alicyclic amines) is 1. The van der Waals surface area contributed by atoms with Gasteiger partial charge in [0.25, 0.3) is 11.7 Å². The van der Waals surface area contributed by atoms with Crippen molar-refractivity contribution in [3.8, 4) is 5.75 Å². The van der Waals surface area contributed by atoms with Crippen molar-refractivity contribution >= 4 is 28.8 Å². The maximum atomic E-state index is 13.1. The number of hydrogen-bond acceptors (Lipinski definition) is 5. The second-order valence-corrected chi connectivity index (χ2v) is 9.18. The third-order valence-electron chi connectivity index (χ3n) is 6.01. The molecule has 162 valence electrons. The Hall–Kier alpha value is -3.38. The van der Waals surface area contributed by atoms with Crippen molar-refractivity contribution in [2.24, 2.45) is 0 Å². The van der Waals surface area contributed by atoms with Gasteiger partial charge in [0.2, 0.25) is 0 Å². The average Bonchev–Trinajstić information content (AvgIpc) is 3.51. The number of amides is 1. The van der Waals surface area contributed by atoms with Crippen molar-refractivity contribution in [3.63, 3.8) is 0 Å². The lowest BCUT2D eigenvalue weighted by Crippen LogP contribution is -2.31. The molecule has 2 aromatic carbocycles. The number of aliphatic hydroxyl groups is 1. The van der Waals surface area contributed by atoms with Gasteiger partial charge in [-0.05, 0) is 54.1 Å². The molecule has 1 N–H and O–H groups in total. The first-order chi connectivity index (χ1) is 15.5. The fraction of sp³-hybridized carbons (Fsp3) is 0.231. The topological polar surface area (TPSA) is 66.8 Å². The Morgan fingerprint density at radius 1 is 1.12 bits per heavy atom. The number of nitrogens with zero attached hydrogens (tertiary/aromatic N) is 1. The first-order valence-electron chi connectivity index (χ1n) is 10.7. The lowest BCUT2D eigenvalue weighted by molar-refractivity contribution is -0.139. The molecule has 3 heterocycles. The molecule has 0 unspecified atom stereocenters. The van der Waals surface area contributed by atoms with Crippen LogP contribution in [0, 0.1) is 0 Å². The Labute approximate surface area is 190 Å². The Morgan fingerprint density at radius 2 is 1.94 bits per heavy atom. The van der Waals surface area contributed by atoms with E-state index < -0.39 is 17.7 Å². The molecule has 1 saturated heterocycles. The van der Waals surface area contributed by atoms with Gasteiger partial charge in [-0.15, -0.1) is 11.3 Å². The number of benzene rings is 2. The fourth-order valence-corrected chi connectivity index (χ4v) is 5.32. The molecular formula is C26H23NO4S. The van der Waals surface area contributed by atoms with Crippen LogP contribution in [0.25, 0.3) is 5.76 Å². The van der Waals surface area contributed by atoms with E-state index in [1.165, 1.54) is 11.3 Å². The summed E-state index contributed by atoms with van der Waals surface area (Å²) in [6, 6.07) is 18.5. The van der Waals surface area contributed by atoms with E-state index in [1.54, 1.807) is 11.0 Å². The van der Waals surface area contributed by atoms with E-state index in [-0.39, 0.29) is 17.4 Å². The van der Waals surface area contributed by atoms with Gasteiger partial charge in [0.05, 0.1) is 11.6 Å². The van der Waals surface area contributed by atoms with Gasteiger partial charge in [-0.3, -0.25) is 9.59 Å². The molecule has 0 radical (unpaired) electrons. The highest BCUT2D eigenvalue weighted by atomic mass is 32.1. The van der Waals surface area contributed by atoms with Gasteiger partial charge in [0.15, 0.2) is 0 Å². The highest BCUT2D eigenvalue weighted by Crippen LogP contribution is 2.42. The number of Topliss-reactive ketones (excluding diaryl/α,β-unsaturated/α-hetero) is 1. The summed E-state index contributed by atoms with van der Waals surface area (Å²) < 4.78 is 5.75. The molecule has 5 nitrogen and oxygen atoms in total. The van der Waals surface area contributed by atoms with Gasteiger partial charge < -0.3 is 14.7 Å². The van der Waals surface area contributed by atoms with Gasteiger partial charge in [-0.25, -0.2) is 0 Å². The Kier molecular flexibility index (Phi) is 5.31. The van der Waals surface area contributed by atoms with Gasteiger partial charge in [-0.2, -0.15) is 0 Å². The van der Waals surface area contributed by atoms with Crippen LogP contribution in [0.4, 0.5) is 0 Å². The molecule has 0 aliphatic carbocycles. The molecular weight excluding hydrogens is 422 g/mol. The van der Waals surface area contributed by atoms with E-state index >= 15 is 0 Å². The van der Waals surface area contributed by atoms with Crippen LogP contribution in [0.1, 0.15) is 34.5 Å². The van der Waals surface area contributed by atoms with Crippen LogP contribution in [-0.2, 0) is 22.4 Å². The van der Waals surface area contributed by atoms with Crippen molar-refractivity contribution in [3.05, 3.63) is 93.2 Å².